The van der Waals surface area contributed by atoms with Crippen molar-refractivity contribution in [2.75, 3.05) is 19.6 Å². The van der Waals surface area contributed by atoms with E-state index >= 15 is 0 Å². The highest BCUT2D eigenvalue weighted by atomic mass is 16.6. The van der Waals surface area contributed by atoms with Crippen molar-refractivity contribution in [3.8, 4) is 0 Å². The zero-order valence-corrected chi connectivity index (χ0v) is 14.9. The number of hydrogen-bond donors (Lipinski definition) is 2. The van der Waals surface area contributed by atoms with E-state index in [0.717, 1.165) is 24.4 Å². The van der Waals surface area contributed by atoms with Gasteiger partial charge in [-0.1, -0.05) is 31.4 Å². The first-order chi connectivity index (χ1) is 12.6. The van der Waals surface area contributed by atoms with Crippen LogP contribution in [0.4, 0.5) is 5.69 Å². The fourth-order valence-electron chi connectivity index (χ4n) is 3.72. The minimum Gasteiger partial charge on any atom is -0.353 e. The Bertz CT molecular complexity index is 765. The number of nitro groups is 1. The van der Waals surface area contributed by atoms with Crippen LogP contribution in [0.3, 0.4) is 0 Å². The Hall–Kier alpha value is -2.41. The maximum absolute atomic E-state index is 12.2. The summed E-state index contributed by atoms with van der Waals surface area (Å²) < 4.78 is 1.64. The molecule has 140 valence electrons. The summed E-state index contributed by atoms with van der Waals surface area (Å²) >= 11 is 0. The minimum atomic E-state index is -0.411. The summed E-state index contributed by atoms with van der Waals surface area (Å²) in [5, 5.41) is 18.3. The predicted molar refractivity (Wildman–Crippen MR) is 101 cm³/mol. The summed E-state index contributed by atoms with van der Waals surface area (Å²) in [6, 6.07) is 6.72. The van der Waals surface area contributed by atoms with Gasteiger partial charge in [0.05, 0.1) is 4.92 Å². The molecule has 2 N–H and O–H groups in total. The topological polar surface area (TPSA) is 89.2 Å². The number of amides is 1. The van der Waals surface area contributed by atoms with Crippen molar-refractivity contribution in [2.45, 2.75) is 38.6 Å². The van der Waals surface area contributed by atoms with Crippen LogP contribution in [-0.4, -0.2) is 35.0 Å². The molecule has 1 aliphatic carbocycles. The number of rotatable bonds is 8. The lowest BCUT2D eigenvalue weighted by molar-refractivity contribution is -0.383. The van der Waals surface area contributed by atoms with E-state index in [0.29, 0.717) is 12.1 Å². The molecule has 1 aromatic heterocycles. The largest absolute Gasteiger partial charge is 0.353 e. The first-order valence-electron chi connectivity index (χ1n) is 9.35. The molecule has 1 heterocycles. The highest BCUT2D eigenvalue weighted by Crippen LogP contribution is 2.26. The number of hydrogen-bond acceptors (Lipinski definition) is 4. The fraction of sp³-hybridized carbons (Fsp3) is 0.526. The maximum atomic E-state index is 12.2. The van der Waals surface area contributed by atoms with Crippen LogP contribution in [0.5, 0.6) is 0 Å². The van der Waals surface area contributed by atoms with Gasteiger partial charge in [-0.15, -0.1) is 0 Å². The van der Waals surface area contributed by atoms with Gasteiger partial charge in [0.2, 0.25) is 5.91 Å². The van der Waals surface area contributed by atoms with Gasteiger partial charge in [-0.25, -0.2) is 0 Å². The van der Waals surface area contributed by atoms with Gasteiger partial charge in [0.1, 0.15) is 12.1 Å². The van der Waals surface area contributed by atoms with E-state index in [1.54, 1.807) is 22.9 Å². The van der Waals surface area contributed by atoms with Crippen LogP contribution in [0.15, 0.2) is 30.5 Å². The molecule has 0 saturated heterocycles. The van der Waals surface area contributed by atoms with Crippen molar-refractivity contribution in [1.82, 2.24) is 15.2 Å². The van der Waals surface area contributed by atoms with E-state index in [2.05, 4.69) is 10.6 Å². The molecule has 0 bridgehead atoms. The van der Waals surface area contributed by atoms with Crippen molar-refractivity contribution < 1.29 is 9.72 Å². The lowest BCUT2D eigenvalue weighted by Gasteiger charge is -2.21. The highest BCUT2D eigenvalue weighted by Gasteiger charge is 2.16. The Balaban J connectivity index is 1.46. The molecular formula is C19H26N4O3. The number of benzene rings is 1. The van der Waals surface area contributed by atoms with Gasteiger partial charge >= 0.3 is 0 Å². The van der Waals surface area contributed by atoms with Gasteiger partial charge in [-0.3, -0.25) is 14.9 Å². The standard InChI is InChI=1S/C19H26N4O3/c24-18(21-11-10-20-13-15-5-2-1-3-6-15)14-22-12-9-16-7-4-8-17(19(16)22)23(25)26/h4,7-9,12,15,20H,1-3,5-6,10-11,13-14H2,(H,21,24). The van der Waals surface area contributed by atoms with Crippen molar-refractivity contribution >= 4 is 22.5 Å². The number of nitrogens with one attached hydrogen (secondary N) is 2. The number of para-hydroxylation sites is 1. The molecule has 0 atom stereocenters. The molecule has 7 heteroatoms. The Kier molecular flexibility index (Phi) is 6.22. The zero-order chi connectivity index (χ0) is 18.4. The average molecular weight is 358 g/mol. The van der Waals surface area contributed by atoms with Crippen LogP contribution >= 0.6 is 0 Å². The van der Waals surface area contributed by atoms with Crippen molar-refractivity contribution in [3.63, 3.8) is 0 Å². The number of fused-ring (bicyclic) bond motifs is 1. The summed E-state index contributed by atoms with van der Waals surface area (Å²) in [6.07, 6.45) is 8.36. The van der Waals surface area contributed by atoms with Gasteiger partial charge in [0, 0.05) is 30.7 Å². The normalized spacial score (nSPS) is 15.2. The van der Waals surface area contributed by atoms with E-state index in [-0.39, 0.29) is 18.1 Å². The van der Waals surface area contributed by atoms with E-state index in [4.69, 9.17) is 0 Å². The van der Waals surface area contributed by atoms with Crippen LogP contribution in [-0.2, 0) is 11.3 Å². The lowest BCUT2D eigenvalue weighted by Crippen LogP contribution is -2.35. The summed E-state index contributed by atoms with van der Waals surface area (Å²) in [5.74, 6) is 0.631. The summed E-state index contributed by atoms with van der Waals surface area (Å²) in [7, 11) is 0. The lowest BCUT2D eigenvalue weighted by atomic mass is 9.89. The van der Waals surface area contributed by atoms with Crippen molar-refractivity contribution in [1.29, 1.82) is 0 Å². The molecule has 7 nitrogen and oxygen atoms in total. The van der Waals surface area contributed by atoms with Gasteiger partial charge in [-0.05, 0) is 31.4 Å². The molecular weight excluding hydrogens is 332 g/mol. The number of carbonyl (C=O) groups is 1. The Morgan fingerprint density at radius 2 is 2.00 bits per heavy atom. The number of non-ortho nitro benzene ring substituents is 1. The first kappa shape index (κ1) is 18.4. The van der Waals surface area contributed by atoms with Crippen molar-refractivity contribution in [3.05, 3.63) is 40.6 Å². The molecule has 0 unspecified atom stereocenters. The molecule has 0 spiro atoms. The van der Waals surface area contributed by atoms with Gasteiger partial charge in [0.25, 0.3) is 5.69 Å². The van der Waals surface area contributed by atoms with Gasteiger partial charge < -0.3 is 15.2 Å². The highest BCUT2D eigenvalue weighted by molar-refractivity contribution is 5.90. The van der Waals surface area contributed by atoms with Gasteiger partial charge in [-0.2, -0.15) is 0 Å². The van der Waals surface area contributed by atoms with E-state index in [1.807, 2.05) is 6.07 Å². The second-order valence-corrected chi connectivity index (χ2v) is 6.97. The quantitative estimate of drug-likeness (QED) is 0.431. The minimum absolute atomic E-state index is 0.0226. The molecule has 0 radical (unpaired) electrons. The monoisotopic (exact) mass is 358 g/mol. The number of aromatic nitrogens is 1. The Morgan fingerprint density at radius 3 is 2.77 bits per heavy atom. The summed E-state index contributed by atoms with van der Waals surface area (Å²) in [6.45, 7) is 2.41. The predicted octanol–water partition coefficient (Wildman–Crippen LogP) is 2.84. The first-order valence-corrected chi connectivity index (χ1v) is 9.35. The fourth-order valence-corrected chi connectivity index (χ4v) is 3.72. The Morgan fingerprint density at radius 1 is 1.19 bits per heavy atom. The summed E-state index contributed by atoms with van der Waals surface area (Å²) in [5.41, 5.74) is 0.512. The molecule has 1 amide bonds. The van der Waals surface area contributed by atoms with Crippen LogP contribution in [0, 0.1) is 16.0 Å². The van der Waals surface area contributed by atoms with Crippen LogP contribution in [0.1, 0.15) is 32.1 Å². The molecule has 2 aromatic rings. The second-order valence-electron chi connectivity index (χ2n) is 6.97. The SMILES string of the molecule is O=C(Cn1ccc2cccc([N+](=O)[O-])c21)NCCNCC1CCCCC1. The average Bonchev–Trinajstić information content (AvgIpc) is 3.05. The Labute approximate surface area is 152 Å². The third kappa shape index (κ3) is 4.60. The number of carbonyl (C=O) groups excluding carboxylic acids is 1. The van der Waals surface area contributed by atoms with E-state index < -0.39 is 4.92 Å². The third-order valence-electron chi connectivity index (χ3n) is 5.06. The van der Waals surface area contributed by atoms with Crippen LogP contribution in [0.25, 0.3) is 10.9 Å². The van der Waals surface area contributed by atoms with Gasteiger partial charge in [0.15, 0.2) is 0 Å². The van der Waals surface area contributed by atoms with Crippen LogP contribution in [0.2, 0.25) is 0 Å². The smallest absolute Gasteiger partial charge is 0.293 e. The van der Waals surface area contributed by atoms with Crippen LogP contribution < -0.4 is 10.6 Å². The molecule has 1 aliphatic rings. The second kappa shape index (κ2) is 8.80. The van der Waals surface area contributed by atoms with E-state index in [1.165, 1.54) is 38.2 Å². The molecule has 26 heavy (non-hydrogen) atoms. The molecule has 1 fully saturated rings. The third-order valence-corrected chi connectivity index (χ3v) is 5.06. The van der Waals surface area contributed by atoms with Crippen molar-refractivity contribution in [2.24, 2.45) is 5.92 Å². The molecule has 1 aromatic carbocycles. The number of nitro benzene ring substituents is 1. The zero-order valence-electron chi connectivity index (χ0n) is 14.9. The molecule has 1 saturated carbocycles. The molecule has 0 aliphatic heterocycles. The van der Waals surface area contributed by atoms with E-state index in [9.17, 15) is 14.9 Å². The number of nitrogens with zero attached hydrogens (tertiary/aromatic N) is 2. The molecule has 3 rings (SSSR count). The maximum Gasteiger partial charge on any atom is 0.293 e. The summed E-state index contributed by atoms with van der Waals surface area (Å²) in [4.78, 5) is 23.0.